The van der Waals surface area contributed by atoms with Gasteiger partial charge in [-0.25, -0.2) is 4.98 Å². The monoisotopic (exact) mass is 931 g/mol. The van der Waals surface area contributed by atoms with E-state index in [2.05, 4.69) is 76.4 Å². The third-order valence-corrected chi connectivity index (χ3v) is 13.3. The fraction of sp³-hybridized carbons (Fsp3) is 0.273. The summed E-state index contributed by atoms with van der Waals surface area (Å²) in [6.07, 6.45) is 1.66. The molecule has 0 bridgehead atoms. The number of rotatable bonds is 9. The van der Waals surface area contributed by atoms with E-state index < -0.39 is 43.2 Å². The van der Waals surface area contributed by atoms with E-state index >= 15 is 0 Å². The number of para-hydroxylation sites is 1. The molecule has 0 spiro atoms. The van der Waals surface area contributed by atoms with Crippen LogP contribution in [0.1, 0.15) is 144 Å². The number of aromatic hydroxyl groups is 1. The van der Waals surface area contributed by atoms with Gasteiger partial charge in [-0.1, -0.05) is 193 Å². The molecule has 7 aromatic carbocycles. The molecule has 4 heteroatoms. The summed E-state index contributed by atoms with van der Waals surface area (Å²) >= 11 is 0. The fourth-order valence-corrected chi connectivity index (χ4v) is 9.47. The Labute approximate surface area is 432 Å². The Bertz CT molecular complexity index is 3740. The van der Waals surface area contributed by atoms with Crippen LogP contribution in [0, 0.1) is 0 Å². The zero-order valence-electron chi connectivity index (χ0n) is 52.9. The summed E-state index contributed by atoms with van der Waals surface area (Å²) in [4.78, 5) is 10.4. The van der Waals surface area contributed by atoms with Gasteiger partial charge in [-0.2, -0.15) is 0 Å². The molecule has 2 heterocycles. The van der Waals surface area contributed by atoms with Crippen LogP contribution in [0.5, 0.6) is 5.75 Å². The molecular weight excluding hydrogens is 851 g/mol. The van der Waals surface area contributed by atoms with Crippen LogP contribution in [0.3, 0.4) is 0 Å². The molecule has 0 amide bonds. The minimum atomic E-state index is -3.39. The van der Waals surface area contributed by atoms with E-state index in [-0.39, 0.29) is 16.7 Å². The van der Waals surface area contributed by atoms with Gasteiger partial charge in [-0.3, -0.25) is 9.55 Å². The molecule has 0 saturated heterocycles. The van der Waals surface area contributed by atoms with Crippen molar-refractivity contribution in [3.63, 3.8) is 0 Å². The second kappa shape index (κ2) is 18.4. The summed E-state index contributed by atoms with van der Waals surface area (Å²) in [5.74, 6) is -1.22. The maximum atomic E-state index is 12.6. The lowest BCUT2D eigenvalue weighted by Crippen LogP contribution is -2.17. The number of hydrogen-bond acceptors (Lipinski definition) is 3. The average molecular weight is 931 g/mol. The molecule has 0 aliphatic rings. The van der Waals surface area contributed by atoms with Gasteiger partial charge in [0.05, 0.1) is 22.3 Å². The minimum Gasteiger partial charge on any atom is -0.507 e. The molecule has 0 aliphatic carbocycles. The highest BCUT2D eigenvalue weighted by molar-refractivity contribution is 5.98. The maximum absolute atomic E-state index is 12.6. The Morgan fingerprint density at radius 3 is 1.76 bits per heavy atom. The first-order valence-electron chi connectivity index (χ1n) is 29.5. The largest absolute Gasteiger partial charge is 0.507 e. The SMILES string of the molecule is [2H]C(C)(C)c1cccc(C([2H])(C)C)c1-c1ccc(-n2c(-c3cc(C(C)(C)C)cc(C(C)(C)C)c3O)nc3c(-c4cc(-c5ccccc5)cc(-c5cc(-c6ccc(C(C([2H])([2H])[2H])(C([2H])([2H])[2H])C([2H])([2H])[2H])cc6)ccn5)c4)cccc32)cc1. The Morgan fingerprint density at radius 1 is 0.514 bits per heavy atom. The Hall–Kier alpha value is -7.04. The molecule has 70 heavy (non-hydrogen) atoms. The van der Waals surface area contributed by atoms with Gasteiger partial charge in [0.15, 0.2) is 0 Å². The second-order valence-electron chi connectivity index (χ2n) is 21.1. The van der Waals surface area contributed by atoms with Crippen LogP contribution in [0.2, 0.25) is 0 Å². The normalized spacial score (nSPS) is 15.5. The highest BCUT2D eigenvalue weighted by Crippen LogP contribution is 2.46. The van der Waals surface area contributed by atoms with Crippen molar-refractivity contribution in [3.05, 3.63) is 192 Å². The van der Waals surface area contributed by atoms with Gasteiger partial charge in [-0.15, -0.1) is 0 Å². The van der Waals surface area contributed by atoms with Crippen molar-refractivity contribution < 1.29 is 20.2 Å². The zero-order valence-corrected chi connectivity index (χ0v) is 41.9. The van der Waals surface area contributed by atoms with Crippen molar-refractivity contribution in [1.29, 1.82) is 0 Å². The number of phenolic OH excluding ortho intramolecular Hbond substituents is 1. The maximum Gasteiger partial charge on any atom is 0.149 e. The van der Waals surface area contributed by atoms with Crippen molar-refractivity contribution in [1.82, 2.24) is 14.5 Å². The van der Waals surface area contributed by atoms with Gasteiger partial charge in [-0.05, 0) is 144 Å². The predicted molar refractivity (Wildman–Crippen MR) is 297 cm³/mol. The summed E-state index contributed by atoms with van der Waals surface area (Å²) in [6, 6.07) is 49.9. The van der Waals surface area contributed by atoms with Crippen LogP contribution in [0.15, 0.2) is 164 Å². The first-order valence-corrected chi connectivity index (χ1v) is 24.0. The molecule has 0 atom stereocenters. The molecule has 1 N–H and O–H groups in total. The van der Waals surface area contributed by atoms with Crippen LogP contribution in [0.4, 0.5) is 0 Å². The number of nitrogens with zero attached hydrogens (tertiary/aromatic N) is 3. The van der Waals surface area contributed by atoms with Gasteiger partial charge < -0.3 is 5.11 Å². The summed E-state index contributed by atoms with van der Waals surface area (Å²) in [5.41, 5.74) is 9.98. The number of fused-ring (bicyclic) bond motifs is 1. The van der Waals surface area contributed by atoms with E-state index in [0.717, 1.165) is 72.4 Å². The van der Waals surface area contributed by atoms with Crippen molar-refractivity contribution in [3.8, 4) is 78.6 Å². The molecule has 9 rings (SSSR count). The first-order chi connectivity index (χ1) is 37.5. The first kappa shape index (κ1) is 36.0. The average Bonchev–Trinajstić information content (AvgIpc) is 3.89. The Kier molecular flexibility index (Phi) is 9.44. The summed E-state index contributed by atoms with van der Waals surface area (Å²) in [5, 5.41) is 12.6. The summed E-state index contributed by atoms with van der Waals surface area (Å²) in [6.45, 7) is 10.1. The molecule has 0 aliphatic heterocycles. The van der Waals surface area contributed by atoms with Gasteiger partial charge in [0.25, 0.3) is 0 Å². The lowest BCUT2D eigenvalue weighted by Gasteiger charge is -2.27. The molecule has 4 nitrogen and oxygen atoms in total. The smallest absolute Gasteiger partial charge is 0.149 e. The van der Waals surface area contributed by atoms with E-state index in [1.165, 1.54) is 12.1 Å². The van der Waals surface area contributed by atoms with Crippen molar-refractivity contribution in [2.45, 2.75) is 118 Å². The van der Waals surface area contributed by atoms with Crippen molar-refractivity contribution in [2.75, 3.05) is 0 Å². The fourth-order valence-electron chi connectivity index (χ4n) is 9.47. The van der Waals surface area contributed by atoms with Crippen LogP contribution in [0.25, 0.3) is 83.9 Å². The Balaban J connectivity index is 1.26. The number of phenols is 1. The van der Waals surface area contributed by atoms with E-state index in [1.54, 1.807) is 24.4 Å². The molecule has 9 aromatic rings. The van der Waals surface area contributed by atoms with Crippen LogP contribution in [-0.4, -0.2) is 19.6 Å². The standard InChI is InChI=1S/C66H69N3O/c1-41(2)53-21-17-22-54(42(3)4)60(53)45-27-31-52(32-28-45)69-59-24-18-23-55(61(59)68-63(69)56-39-51(65(8,9)10)40-57(62(56)70)66(11,12)13)48-35-47(43-19-15-14-16-20-43)36-49(37-48)58-38-46(33-34-67-58)44-25-29-50(30-26-44)64(5,6)7/h14-42,70H,1-13H3/i5D3,6D3,7D3,41D,42D. The topological polar surface area (TPSA) is 50.9 Å². The van der Waals surface area contributed by atoms with Crippen molar-refractivity contribution in [2.24, 2.45) is 0 Å². The van der Waals surface area contributed by atoms with Gasteiger partial charge >= 0.3 is 0 Å². The molecular formula is C66H69N3O. The van der Waals surface area contributed by atoms with Crippen molar-refractivity contribution >= 4 is 11.0 Å². The van der Waals surface area contributed by atoms with Crippen LogP contribution >= 0.6 is 0 Å². The lowest BCUT2D eigenvalue weighted by molar-refractivity contribution is 0.446. The minimum absolute atomic E-state index is 0.138. The number of hydrogen-bond donors (Lipinski definition) is 1. The van der Waals surface area contributed by atoms with Gasteiger partial charge in [0.1, 0.15) is 11.6 Å². The second-order valence-corrected chi connectivity index (χ2v) is 21.1. The lowest BCUT2D eigenvalue weighted by atomic mass is 9.79. The predicted octanol–water partition coefficient (Wildman–Crippen LogP) is 18.3. The van der Waals surface area contributed by atoms with E-state index in [0.29, 0.717) is 33.7 Å². The summed E-state index contributed by atoms with van der Waals surface area (Å²) < 4.78 is 94.6. The molecule has 0 radical (unpaired) electrons. The third-order valence-electron chi connectivity index (χ3n) is 13.3. The van der Waals surface area contributed by atoms with E-state index in [9.17, 15) is 5.11 Å². The molecule has 0 fully saturated rings. The zero-order chi connectivity index (χ0) is 59.2. The highest BCUT2D eigenvalue weighted by Gasteiger charge is 2.29. The number of benzene rings is 7. The van der Waals surface area contributed by atoms with Gasteiger partial charge in [0, 0.05) is 43.7 Å². The quantitative estimate of drug-likeness (QED) is 0.157. The molecule has 2 aromatic heterocycles. The highest BCUT2D eigenvalue weighted by atomic mass is 16.3. The number of pyridine rings is 1. The van der Waals surface area contributed by atoms with Crippen LogP contribution < -0.4 is 0 Å². The molecule has 354 valence electrons. The van der Waals surface area contributed by atoms with Crippen LogP contribution in [-0.2, 0) is 16.2 Å². The van der Waals surface area contributed by atoms with E-state index in [4.69, 9.17) is 25.0 Å². The molecule has 0 saturated carbocycles. The van der Waals surface area contributed by atoms with Gasteiger partial charge in [0.2, 0.25) is 0 Å². The summed E-state index contributed by atoms with van der Waals surface area (Å²) in [7, 11) is 0. The molecule has 0 unspecified atom stereocenters. The Morgan fingerprint density at radius 2 is 1.13 bits per heavy atom. The third kappa shape index (κ3) is 9.37. The number of aromatic nitrogens is 3. The number of imidazole rings is 1. The van der Waals surface area contributed by atoms with E-state index in [1.807, 2.05) is 125 Å².